The van der Waals surface area contributed by atoms with Gasteiger partial charge in [-0.1, -0.05) is 19.1 Å². The summed E-state index contributed by atoms with van der Waals surface area (Å²) < 4.78 is 10.9. The molecule has 1 aliphatic rings. The molecule has 2 heterocycles. The van der Waals surface area contributed by atoms with Gasteiger partial charge >= 0.3 is 0 Å². The molecule has 1 aliphatic heterocycles. The summed E-state index contributed by atoms with van der Waals surface area (Å²) in [6, 6.07) is 7.82. The van der Waals surface area contributed by atoms with Crippen molar-refractivity contribution in [2.75, 3.05) is 5.32 Å². The van der Waals surface area contributed by atoms with E-state index in [2.05, 4.69) is 10.5 Å². The summed E-state index contributed by atoms with van der Waals surface area (Å²) in [4.78, 5) is 0. The Kier molecular flexibility index (Phi) is 2.06. The lowest BCUT2D eigenvalue weighted by atomic mass is 10.2. The van der Waals surface area contributed by atoms with Gasteiger partial charge in [0.1, 0.15) is 5.76 Å². The van der Waals surface area contributed by atoms with Crippen LogP contribution in [0.2, 0.25) is 0 Å². The van der Waals surface area contributed by atoms with Gasteiger partial charge in [0.15, 0.2) is 5.75 Å². The van der Waals surface area contributed by atoms with Crippen LogP contribution in [0.4, 0.5) is 5.69 Å². The Hall–Kier alpha value is -1.97. The molecule has 0 aliphatic carbocycles. The number of para-hydroxylation sites is 2. The highest BCUT2D eigenvalue weighted by Gasteiger charge is 2.20. The van der Waals surface area contributed by atoms with Gasteiger partial charge in [0.25, 0.3) is 5.88 Å². The van der Waals surface area contributed by atoms with Crippen molar-refractivity contribution in [3.63, 3.8) is 0 Å². The first-order valence-electron chi connectivity index (χ1n) is 5.36. The fourth-order valence-electron chi connectivity index (χ4n) is 1.85. The first kappa shape index (κ1) is 9.27. The molecule has 1 aromatic carbocycles. The Labute approximate surface area is 93.2 Å². The highest BCUT2D eigenvalue weighted by molar-refractivity contribution is 5.59. The molecule has 0 unspecified atom stereocenters. The number of rotatable bonds is 1. The summed E-state index contributed by atoms with van der Waals surface area (Å²) in [6.07, 6.45) is 0.823. The minimum Gasteiger partial charge on any atom is -0.434 e. The molecule has 0 fully saturated rings. The summed E-state index contributed by atoms with van der Waals surface area (Å²) in [5.74, 6) is 2.25. The molecule has 16 heavy (non-hydrogen) atoms. The maximum absolute atomic E-state index is 5.72. The van der Waals surface area contributed by atoms with Crippen molar-refractivity contribution in [1.82, 2.24) is 5.16 Å². The minimum absolute atomic E-state index is 0.578. The van der Waals surface area contributed by atoms with Crippen LogP contribution in [0, 0.1) is 0 Å². The van der Waals surface area contributed by atoms with Crippen LogP contribution >= 0.6 is 0 Å². The molecule has 82 valence electrons. The number of nitrogens with one attached hydrogen (secondary N) is 1. The molecule has 1 N–H and O–H groups in total. The van der Waals surface area contributed by atoms with Gasteiger partial charge in [-0.2, -0.15) is 0 Å². The fourth-order valence-corrected chi connectivity index (χ4v) is 1.85. The third kappa shape index (κ3) is 1.34. The van der Waals surface area contributed by atoms with Crippen LogP contribution in [0.3, 0.4) is 0 Å². The van der Waals surface area contributed by atoms with E-state index in [4.69, 9.17) is 9.26 Å². The summed E-state index contributed by atoms with van der Waals surface area (Å²) >= 11 is 0. The fraction of sp³-hybridized carbons (Fsp3) is 0.250. The van der Waals surface area contributed by atoms with E-state index in [9.17, 15) is 0 Å². The second kappa shape index (κ2) is 3.56. The van der Waals surface area contributed by atoms with Crippen LogP contribution in [-0.2, 0) is 13.0 Å². The molecule has 0 spiro atoms. The lowest BCUT2D eigenvalue weighted by Crippen LogP contribution is -1.98. The standard InChI is InChI=1S/C12H12N2O2/c1-2-10-8-7-13-9-5-3-4-6-11(9)15-12(8)14-16-10/h3-6,13H,2,7H2,1H3. The van der Waals surface area contributed by atoms with Crippen LogP contribution < -0.4 is 10.1 Å². The van der Waals surface area contributed by atoms with Crippen LogP contribution in [0.15, 0.2) is 28.8 Å². The van der Waals surface area contributed by atoms with Crippen molar-refractivity contribution in [3.05, 3.63) is 35.6 Å². The predicted molar refractivity (Wildman–Crippen MR) is 59.7 cm³/mol. The van der Waals surface area contributed by atoms with Gasteiger partial charge in [-0.05, 0) is 17.3 Å². The molecular weight excluding hydrogens is 204 g/mol. The first-order valence-corrected chi connectivity index (χ1v) is 5.36. The van der Waals surface area contributed by atoms with E-state index < -0.39 is 0 Å². The van der Waals surface area contributed by atoms with Crippen molar-refractivity contribution in [2.24, 2.45) is 0 Å². The van der Waals surface area contributed by atoms with Crippen molar-refractivity contribution in [3.8, 4) is 11.6 Å². The lowest BCUT2D eigenvalue weighted by Gasteiger charge is -2.05. The van der Waals surface area contributed by atoms with E-state index in [1.807, 2.05) is 31.2 Å². The molecule has 0 bridgehead atoms. The highest BCUT2D eigenvalue weighted by Crippen LogP contribution is 2.35. The third-order valence-corrected chi connectivity index (χ3v) is 2.70. The smallest absolute Gasteiger partial charge is 0.264 e. The largest absolute Gasteiger partial charge is 0.434 e. The van der Waals surface area contributed by atoms with Gasteiger partial charge < -0.3 is 14.6 Å². The number of aromatic nitrogens is 1. The zero-order valence-electron chi connectivity index (χ0n) is 8.99. The highest BCUT2D eigenvalue weighted by atomic mass is 16.5. The van der Waals surface area contributed by atoms with Crippen LogP contribution in [0.5, 0.6) is 11.6 Å². The van der Waals surface area contributed by atoms with Crippen LogP contribution in [-0.4, -0.2) is 5.16 Å². The first-order chi connectivity index (χ1) is 7.88. The number of ether oxygens (including phenoxy) is 1. The maximum Gasteiger partial charge on any atom is 0.264 e. The summed E-state index contributed by atoms with van der Waals surface area (Å²) in [5, 5.41) is 7.27. The van der Waals surface area contributed by atoms with E-state index in [-0.39, 0.29) is 0 Å². The molecule has 0 amide bonds. The molecule has 2 aromatic rings. The summed E-state index contributed by atoms with van der Waals surface area (Å²) in [6.45, 7) is 2.73. The average molecular weight is 216 g/mol. The monoisotopic (exact) mass is 216 g/mol. The van der Waals surface area contributed by atoms with Gasteiger partial charge in [0.2, 0.25) is 0 Å². The molecule has 1 aromatic heterocycles. The van der Waals surface area contributed by atoms with E-state index in [0.717, 1.165) is 29.2 Å². The zero-order chi connectivity index (χ0) is 11.0. The van der Waals surface area contributed by atoms with Gasteiger partial charge in [0, 0.05) is 13.0 Å². The Bertz CT molecular complexity index is 519. The Morgan fingerprint density at radius 2 is 2.25 bits per heavy atom. The zero-order valence-corrected chi connectivity index (χ0v) is 8.99. The molecule has 0 saturated carbocycles. The topological polar surface area (TPSA) is 47.3 Å². The number of hydrogen-bond acceptors (Lipinski definition) is 4. The second-order valence-electron chi connectivity index (χ2n) is 3.69. The van der Waals surface area contributed by atoms with Gasteiger partial charge in [-0.15, -0.1) is 0 Å². The number of anilines is 1. The van der Waals surface area contributed by atoms with E-state index in [1.54, 1.807) is 0 Å². The normalized spacial score (nSPS) is 13.1. The van der Waals surface area contributed by atoms with Gasteiger partial charge in [-0.3, -0.25) is 0 Å². The molecular formula is C12H12N2O2. The van der Waals surface area contributed by atoms with Crippen molar-refractivity contribution >= 4 is 5.69 Å². The van der Waals surface area contributed by atoms with E-state index in [0.29, 0.717) is 12.4 Å². The Balaban J connectivity index is 2.05. The molecule has 4 nitrogen and oxygen atoms in total. The average Bonchev–Trinajstić information content (AvgIpc) is 2.61. The Morgan fingerprint density at radius 1 is 1.38 bits per heavy atom. The third-order valence-electron chi connectivity index (χ3n) is 2.70. The van der Waals surface area contributed by atoms with Crippen molar-refractivity contribution in [2.45, 2.75) is 19.9 Å². The summed E-state index contributed by atoms with van der Waals surface area (Å²) in [7, 11) is 0. The Morgan fingerprint density at radius 3 is 3.12 bits per heavy atom. The maximum atomic E-state index is 5.72. The minimum atomic E-state index is 0.578. The SMILES string of the molecule is CCc1onc2c1CNc1ccccc1O2. The second-order valence-corrected chi connectivity index (χ2v) is 3.69. The summed E-state index contributed by atoms with van der Waals surface area (Å²) in [5.41, 5.74) is 2.00. The quantitative estimate of drug-likeness (QED) is 0.796. The van der Waals surface area contributed by atoms with Gasteiger partial charge in [0.05, 0.1) is 11.3 Å². The molecule has 0 radical (unpaired) electrons. The molecule has 0 atom stereocenters. The molecule has 0 saturated heterocycles. The lowest BCUT2D eigenvalue weighted by molar-refractivity contribution is 0.349. The van der Waals surface area contributed by atoms with Gasteiger partial charge in [-0.25, -0.2) is 0 Å². The van der Waals surface area contributed by atoms with Crippen LogP contribution in [0.1, 0.15) is 18.2 Å². The molecule has 4 heteroatoms. The predicted octanol–water partition coefficient (Wildman–Crippen LogP) is 2.95. The van der Waals surface area contributed by atoms with E-state index in [1.165, 1.54) is 0 Å². The number of hydrogen-bond donors (Lipinski definition) is 1. The van der Waals surface area contributed by atoms with Crippen LogP contribution in [0.25, 0.3) is 0 Å². The number of fused-ring (bicyclic) bond motifs is 2. The molecule has 3 rings (SSSR count). The van der Waals surface area contributed by atoms with Crippen molar-refractivity contribution in [1.29, 1.82) is 0 Å². The number of aryl methyl sites for hydroxylation is 1. The van der Waals surface area contributed by atoms with Crippen molar-refractivity contribution < 1.29 is 9.26 Å². The number of nitrogens with zero attached hydrogens (tertiary/aromatic N) is 1. The number of benzene rings is 1. The van der Waals surface area contributed by atoms with E-state index >= 15 is 0 Å².